The standard InChI is InChI=1S/C46H39N5O7/c1-27-4-14-33(15-5-27)57-34-16-8-30(9-17-34)46(2,26-48-49-47)31-10-18-35(19-11-31)58-36-20-12-32(13-21-36)51-44(55)38-23-7-29(25-40(38)45(51)56)41(52)28-6-22-37-39(24-28)43(54)50(3)42(37)53/h4-5,8,10-16,18-25,28-29H,6-7,9,17,26H2,1-3H3. The summed E-state index contributed by atoms with van der Waals surface area (Å²) in [6.07, 6.45) is 12.4. The predicted octanol–water partition coefficient (Wildman–Crippen LogP) is 8.22. The summed E-state index contributed by atoms with van der Waals surface area (Å²) < 4.78 is 12.2. The van der Waals surface area contributed by atoms with Gasteiger partial charge in [-0.15, -0.1) is 0 Å². The molecule has 3 atom stereocenters. The Morgan fingerprint density at radius 3 is 1.88 bits per heavy atom. The number of carbonyl (C=O) groups excluding carboxylic acids is 5. The average Bonchev–Trinajstić information content (AvgIpc) is 3.63. The molecule has 0 bridgehead atoms. The van der Waals surface area contributed by atoms with Crippen molar-refractivity contribution in [3.63, 3.8) is 0 Å². The Morgan fingerprint density at radius 1 is 0.741 bits per heavy atom. The van der Waals surface area contributed by atoms with Gasteiger partial charge in [-0.1, -0.05) is 77.8 Å². The SMILES string of the molecule is Cc1ccc(OC2=CC=C(C(C)(CN=[N+]=[N-])c3ccc(Oc4ccc(N5C(=O)C6=CCC(C(=O)C7C=C8C(=O)N(C)C(=O)C8=CC7)C=C6C5=O)cc4)cc3)CC2)cc1. The predicted molar refractivity (Wildman–Crippen MR) is 215 cm³/mol. The van der Waals surface area contributed by atoms with Crippen LogP contribution in [0.25, 0.3) is 10.4 Å². The van der Waals surface area contributed by atoms with Crippen LogP contribution in [0.1, 0.15) is 43.7 Å². The number of ether oxygens (including phenoxy) is 2. The van der Waals surface area contributed by atoms with Crippen molar-refractivity contribution in [2.24, 2.45) is 17.0 Å². The van der Waals surface area contributed by atoms with E-state index in [9.17, 15) is 29.5 Å². The third kappa shape index (κ3) is 6.88. The number of aryl methyl sites for hydroxylation is 1. The smallest absolute Gasteiger partial charge is 0.265 e. The molecule has 2 fully saturated rings. The number of imide groups is 2. The fourth-order valence-corrected chi connectivity index (χ4v) is 8.06. The van der Waals surface area contributed by atoms with Crippen LogP contribution < -0.4 is 14.4 Å². The summed E-state index contributed by atoms with van der Waals surface area (Å²) >= 11 is 0. The van der Waals surface area contributed by atoms with Crippen molar-refractivity contribution in [3.05, 3.63) is 164 Å². The number of ketones is 1. The van der Waals surface area contributed by atoms with E-state index in [-0.39, 0.29) is 47.8 Å². The lowest BCUT2D eigenvalue weighted by molar-refractivity contribution is -0.135. The molecule has 0 saturated carbocycles. The van der Waals surface area contributed by atoms with Crippen LogP contribution in [0.3, 0.4) is 0 Å². The second-order valence-corrected chi connectivity index (χ2v) is 15.2. The van der Waals surface area contributed by atoms with Crippen molar-refractivity contribution in [1.82, 2.24) is 4.90 Å². The number of fused-ring (bicyclic) bond motifs is 2. The maximum absolute atomic E-state index is 13.6. The Kier molecular flexibility index (Phi) is 9.88. The van der Waals surface area contributed by atoms with Gasteiger partial charge in [-0.3, -0.25) is 28.9 Å². The highest BCUT2D eigenvalue weighted by Crippen LogP contribution is 2.41. The Balaban J connectivity index is 0.931. The molecule has 2 heterocycles. The highest BCUT2D eigenvalue weighted by atomic mass is 16.5. The molecular formula is C46H39N5O7. The Hall–Kier alpha value is -7.04. The molecule has 290 valence electrons. The van der Waals surface area contributed by atoms with Gasteiger partial charge in [0, 0.05) is 64.5 Å². The molecule has 12 heteroatoms. The average molecular weight is 774 g/mol. The summed E-state index contributed by atoms with van der Waals surface area (Å²) in [6.45, 7) is 4.33. The number of azide groups is 1. The lowest BCUT2D eigenvalue weighted by atomic mass is 9.73. The van der Waals surface area contributed by atoms with E-state index in [0.29, 0.717) is 29.2 Å². The highest BCUT2D eigenvalue weighted by molar-refractivity contribution is 6.37. The molecule has 0 radical (unpaired) electrons. The van der Waals surface area contributed by atoms with Crippen LogP contribution in [0.2, 0.25) is 0 Å². The van der Waals surface area contributed by atoms with Crippen LogP contribution in [-0.2, 0) is 29.4 Å². The molecule has 58 heavy (non-hydrogen) atoms. The maximum Gasteiger partial charge on any atom is 0.265 e. The number of hydrogen-bond donors (Lipinski definition) is 0. The Morgan fingerprint density at radius 2 is 1.28 bits per heavy atom. The number of amides is 4. The van der Waals surface area contributed by atoms with Crippen molar-refractivity contribution < 1.29 is 33.4 Å². The third-order valence-corrected chi connectivity index (χ3v) is 11.5. The number of nitrogens with zero attached hydrogens (tertiary/aromatic N) is 5. The molecule has 12 nitrogen and oxygen atoms in total. The lowest BCUT2D eigenvalue weighted by Gasteiger charge is -2.33. The van der Waals surface area contributed by atoms with Crippen molar-refractivity contribution >= 4 is 35.1 Å². The van der Waals surface area contributed by atoms with Gasteiger partial charge in [0.2, 0.25) is 0 Å². The highest BCUT2D eigenvalue weighted by Gasteiger charge is 2.44. The van der Waals surface area contributed by atoms with Crippen LogP contribution in [0, 0.1) is 18.8 Å². The fraction of sp³-hybridized carbons (Fsp3) is 0.239. The number of carbonyl (C=O) groups is 5. The van der Waals surface area contributed by atoms with Gasteiger partial charge in [-0.2, -0.15) is 0 Å². The first kappa shape index (κ1) is 37.9. The van der Waals surface area contributed by atoms with Crippen molar-refractivity contribution in [2.45, 2.75) is 44.9 Å². The van der Waals surface area contributed by atoms with E-state index in [1.54, 1.807) is 48.6 Å². The van der Waals surface area contributed by atoms with Gasteiger partial charge in [0.25, 0.3) is 23.6 Å². The zero-order valence-corrected chi connectivity index (χ0v) is 32.2. The monoisotopic (exact) mass is 773 g/mol. The van der Waals surface area contributed by atoms with E-state index in [1.807, 2.05) is 67.6 Å². The zero-order chi connectivity index (χ0) is 40.7. The minimum atomic E-state index is -0.663. The van der Waals surface area contributed by atoms with Crippen LogP contribution >= 0.6 is 0 Å². The first-order valence-corrected chi connectivity index (χ1v) is 19.1. The molecule has 0 aromatic heterocycles. The molecule has 8 rings (SSSR count). The van der Waals surface area contributed by atoms with E-state index < -0.39 is 35.0 Å². The Labute approximate surface area is 334 Å². The fourth-order valence-electron chi connectivity index (χ4n) is 8.06. The molecule has 0 spiro atoms. The number of rotatable bonds is 11. The lowest BCUT2D eigenvalue weighted by Crippen LogP contribution is -2.29. The van der Waals surface area contributed by atoms with Crippen molar-refractivity contribution in [3.8, 4) is 17.2 Å². The normalized spacial score (nSPS) is 21.0. The van der Waals surface area contributed by atoms with Gasteiger partial charge in [-0.25, -0.2) is 4.90 Å². The number of hydrogen-bond acceptors (Lipinski definition) is 8. The van der Waals surface area contributed by atoms with Gasteiger partial charge in [0.15, 0.2) is 0 Å². The van der Waals surface area contributed by atoms with E-state index in [0.717, 1.165) is 44.4 Å². The van der Waals surface area contributed by atoms with Crippen LogP contribution in [0.4, 0.5) is 5.69 Å². The minimum Gasteiger partial charge on any atom is -0.462 e. The molecule has 3 unspecified atom stereocenters. The summed E-state index contributed by atoms with van der Waals surface area (Å²) in [5.41, 5.74) is 13.2. The van der Waals surface area contributed by atoms with Crippen LogP contribution in [0.15, 0.2) is 148 Å². The third-order valence-electron chi connectivity index (χ3n) is 11.5. The molecule has 3 aromatic carbocycles. The van der Waals surface area contributed by atoms with Gasteiger partial charge in [-0.05, 0) is 91.9 Å². The topological polar surface area (TPSA) is 159 Å². The second kappa shape index (κ2) is 15.1. The summed E-state index contributed by atoms with van der Waals surface area (Å²) in [5.74, 6) is -0.587. The van der Waals surface area contributed by atoms with Gasteiger partial charge >= 0.3 is 0 Å². The molecule has 4 amide bonds. The summed E-state index contributed by atoms with van der Waals surface area (Å²) in [7, 11) is 1.41. The number of likely N-dealkylation sites (N-methyl/N-ethyl adjacent to an activating group) is 1. The quantitative estimate of drug-likeness (QED) is 0.0822. The molecule has 2 aliphatic heterocycles. The first-order chi connectivity index (χ1) is 27.9. The van der Waals surface area contributed by atoms with E-state index in [2.05, 4.69) is 16.9 Å². The second-order valence-electron chi connectivity index (χ2n) is 15.2. The number of anilines is 1. The first-order valence-electron chi connectivity index (χ1n) is 19.1. The van der Waals surface area contributed by atoms with Gasteiger partial charge in [0.05, 0.1) is 5.69 Å². The van der Waals surface area contributed by atoms with E-state index >= 15 is 0 Å². The zero-order valence-electron chi connectivity index (χ0n) is 32.2. The molecule has 3 aromatic rings. The number of benzene rings is 3. The number of allylic oxidation sites excluding steroid dienone is 7. The Bertz CT molecular complexity index is 2520. The summed E-state index contributed by atoms with van der Waals surface area (Å²) in [5, 5.41) is 3.96. The summed E-state index contributed by atoms with van der Waals surface area (Å²) in [6, 6.07) is 22.1. The van der Waals surface area contributed by atoms with Gasteiger partial charge in [0.1, 0.15) is 28.8 Å². The largest absolute Gasteiger partial charge is 0.462 e. The molecule has 2 saturated heterocycles. The van der Waals surface area contributed by atoms with E-state index in [4.69, 9.17) is 9.47 Å². The van der Waals surface area contributed by atoms with Crippen LogP contribution in [-0.4, -0.2) is 47.9 Å². The summed E-state index contributed by atoms with van der Waals surface area (Å²) in [4.78, 5) is 70.7. The molecular weight excluding hydrogens is 735 g/mol. The van der Waals surface area contributed by atoms with E-state index in [1.165, 1.54) is 7.05 Å². The maximum atomic E-state index is 13.6. The van der Waals surface area contributed by atoms with Gasteiger partial charge < -0.3 is 9.47 Å². The van der Waals surface area contributed by atoms with Crippen molar-refractivity contribution in [2.75, 3.05) is 18.5 Å². The molecule has 5 aliphatic rings. The molecule has 0 N–H and O–H groups in total. The minimum absolute atomic E-state index is 0.171. The number of Topliss-reactive ketones (excluding diaryl/α,β-unsaturated/α-hetero) is 1. The number of likely N-dealkylation sites (tertiary alicyclic amines) is 1. The molecule has 3 aliphatic carbocycles. The van der Waals surface area contributed by atoms with Crippen LogP contribution in [0.5, 0.6) is 17.2 Å². The van der Waals surface area contributed by atoms with Crippen molar-refractivity contribution in [1.29, 1.82) is 0 Å².